The molecule has 0 unspecified atom stereocenters. The van der Waals surface area contributed by atoms with Crippen molar-refractivity contribution in [2.75, 3.05) is 14.2 Å². The zero-order chi connectivity index (χ0) is 16.4. The Morgan fingerprint density at radius 2 is 1.64 bits per heavy atom. The van der Waals surface area contributed by atoms with E-state index >= 15 is 0 Å². The summed E-state index contributed by atoms with van der Waals surface area (Å²) in [6.45, 7) is 2.14. The minimum Gasteiger partial charge on any atom is -0.493 e. The number of benzene rings is 1. The minimum atomic E-state index is -0.468. The third-order valence-corrected chi connectivity index (χ3v) is 3.90. The minimum absolute atomic E-state index is 0.396. The van der Waals surface area contributed by atoms with Crippen LogP contribution in [0, 0.1) is 0 Å². The summed E-state index contributed by atoms with van der Waals surface area (Å²) >= 11 is 0. The van der Waals surface area contributed by atoms with E-state index in [1.807, 2.05) is 18.2 Å². The number of ether oxygens (including phenoxy) is 2. The van der Waals surface area contributed by atoms with Crippen LogP contribution < -0.4 is 9.47 Å². The van der Waals surface area contributed by atoms with Crippen molar-refractivity contribution in [3.8, 4) is 11.5 Å². The van der Waals surface area contributed by atoms with Gasteiger partial charge in [0.15, 0.2) is 11.5 Å². The Kier molecular flexibility index (Phi) is 8.94. The summed E-state index contributed by atoms with van der Waals surface area (Å²) in [6, 6.07) is 5.79. The summed E-state index contributed by atoms with van der Waals surface area (Å²) in [7, 11) is 3.23. The molecule has 0 aliphatic heterocycles. The lowest BCUT2D eigenvalue weighted by Crippen LogP contribution is -2.18. The van der Waals surface area contributed by atoms with Crippen molar-refractivity contribution in [3.63, 3.8) is 0 Å². The smallest absolute Gasteiger partial charge is 0.160 e. The van der Waals surface area contributed by atoms with Gasteiger partial charge in [0, 0.05) is 0 Å². The second-order valence-electron chi connectivity index (χ2n) is 5.77. The molecule has 0 fully saturated rings. The highest BCUT2D eigenvalue weighted by atomic mass is 16.5. The normalized spacial score (nSPS) is 13.7. The lowest BCUT2D eigenvalue weighted by atomic mass is 10.00. The fourth-order valence-corrected chi connectivity index (χ4v) is 2.55. The van der Waals surface area contributed by atoms with Crippen LogP contribution in [0.5, 0.6) is 11.5 Å². The predicted molar refractivity (Wildman–Crippen MR) is 88.6 cm³/mol. The lowest BCUT2D eigenvalue weighted by molar-refractivity contribution is 0.0698. The molecular weight excluding hydrogens is 280 g/mol. The molecule has 22 heavy (non-hydrogen) atoms. The van der Waals surface area contributed by atoms with Crippen molar-refractivity contribution >= 4 is 0 Å². The molecule has 4 nitrogen and oxygen atoms in total. The first-order valence-electron chi connectivity index (χ1n) is 8.17. The van der Waals surface area contributed by atoms with E-state index in [1.165, 1.54) is 0 Å². The second-order valence-corrected chi connectivity index (χ2v) is 5.77. The molecule has 0 aliphatic carbocycles. The summed E-state index contributed by atoms with van der Waals surface area (Å²) in [6.07, 6.45) is 5.08. The summed E-state index contributed by atoms with van der Waals surface area (Å²) in [5.74, 6) is 1.41. The van der Waals surface area contributed by atoms with Gasteiger partial charge in [-0.25, -0.2) is 0 Å². The van der Waals surface area contributed by atoms with Crippen LogP contribution in [0.3, 0.4) is 0 Å². The van der Waals surface area contributed by atoms with Gasteiger partial charge in [0.25, 0.3) is 0 Å². The molecule has 1 aromatic rings. The summed E-state index contributed by atoms with van der Waals surface area (Å²) in [5, 5.41) is 19.9. The van der Waals surface area contributed by atoms with Crippen LogP contribution in [0.4, 0.5) is 0 Å². The number of methoxy groups -OCH3 is 2. The Hall–Kier alpha value is -1.26. The molecule has 0 bridgehead atoms. The Morgan fingerprint density at radius 1 is 0.955 bits per heavy atom. The van der Waals surface area contributed by atoms with E-state index in [1.54, 1.807) is 14.2 Å². The SMILES string of the molecule is CCCCC[C@H](O)C[C@@H](O)CCc1ccc(OC)c(OC)c1. The maximum atomic E-state index is 10.0. The average Bonchev–Trinajstić information content (AvgIpc) is 2.52. The molecule has 0 heterocycles. The van der Waals surface area contributed by atoms with E-state index in [9.17, 15) is 10.2 Å². The van der Waals surface area contributed by atoms with Gasteiger partial charge in [0.05, 0.1) is 26.4 Å². The highest BCUT2D eigenvalue weighted by Crippen LogP contribution is 2.28. The van der Waals surface area contributed by atoms with Crippen molar-refractivity contribution < 1.29 is 19.7 Å². The summed E-state index contributed by atoms with van der Waals surface area (Å²) in [4.78, 5) is 0. The molecular formula is C18H30O4. The number of hydrogen-bond donors (Lipinski definition) is 2. The predicted octanol–water partition coefficient (Wildman–Crippen LogP) is 3.33. The monoisotopic (exact) mass is 310 g/mol. The number of unbranched alkanes of at least 4 members (excludes halogenated alkanes) is 2. The van der Waals surface area contributed by atoms with Crippen molar-refractivity contribution in [1.29, 1.82) is 0 Å². The number of aryl methyl sites for hydroxylation is 1. The van der Waals surface area contributed by atoms with Gasteiger partial charge in [0.2, 0.25) is 0 Å². The molecule has 2 N–H and O–H groups in total. The largest absolute Gasteiger partial charge is 0.493 e. The van der Waals surface area contributed by atoms with Gasteiger partial charge in [-0.2, -0.15) is 0 Å². The highest BCUT2D eigenvalue weighted by molar-refractivity contribution is 5.42. The van der Waals surface area contributed by atoms with E-state index in [4.69, 9.17) is 9.47 Å². The van der Waals surface area contributed by atoms with Crippen molar-refractivity contribution in [3.05, 3.63) is 23.8 Å². The molecule has 0 spiro atoms. The quantitative estimate of drug-likeness (QED) is 0.616. The van der Waals surface area contributed by atoms with Crippen LogP contribution in [0.25, 0.3) is 0 Å². The molecule has 0 saturated carbocycles. The first kappa shape index (κ1) is 18.8. The number of rotatable bonds is 11. The summed E-state index contributed by atoms with van der Waals surface area (Å²) < 4.78 is 10.5. The van der Waals surface area contributed by atoms with E-state index in [-0.39, 0.29) is 0 Å². The maximum Gasteiger partial charge on any atom is 0.160 e. The topological polar surface area (TPSA) is 58.9 Å². The van der Waals surface area contributed by atoms with Crippen molar-refractivity contribution in [2.45, 2.75) is 64.1 Å². The zero-order valence-electron chi connectivity index (χ0n) is 14.0. The molecule has 0 aliphatic rings. The molecule has 0 amide bonds. The van der Waals surface area contributed by atoms with Crippen LogP contribution in [0.1, 0.15) is 51.0 Å². The van der Waals surface area contributed by atoms with Crippen LogP contribution in [0.2, 0.25) is 0 Å². The standard InChI is InChI=1S/C18H30O4/c1-4-5-6-7-15(19)13-16(20)10-8-14-9-11-17(21-2)18(12-14)22-3/h9,11-12,15-16,19-20H,4-8,10,13H2,1-3H3/t15-,16-/m0/s1. The van der Waals surface area contributed by atoms with E-state index in [0.29, 0.717) is 24.3 Å². The third-order valence-electron chi connectivity index (χ3n) is 3.90. The first-order valence-corrected chi connectivity index (χ1v) is 8.17. The van der Waals surface area contributed by atoms with Crippen LogP contribution in [-0.4, -0.2) is 36.6 Å². The maximum absolute atomic E-state index is 10.0. The second kappa shape index (κ2) is 10.5. The Labute approximate surface area is 134 Å². The number of aliphatic hydroxyl groups is 2. The highest BCUT2D eigenvalue weighted by Gasteiger charge is 2.12. The van der Waals surface area contributed by atoms with E-state index in [2.05, 4.69) is 6.92 Å². The third kappa shape index (κ3) is 6.67. The Balaban J connectivity index is 2.38. The molecule has 0 saturated heterocycles. The zero-order valence-corrected chi connectivity index (χ0v) is 14.0. The van der Waals surface area contributed by atoms with Gasteiger partial charge in [-0.3, -0.25) is 0 Å². The van der Waals surface area contributed by atoms with Gasteiger partial charge in [-0.05, 0) is 43.4 Å². The Morgan fingerprint density at radius 3 is 2.27 bits per heavy atom. The fourth-order valence-electron chi connectivity index (χ4n) is 2.55. The van der Waals surface area contributed by atoms with Gasteiger partial charge in [-0.15, -0.1) is 0 Å². The molecule has 1 aromatic carbocycles. The molecule has 2 atom stereocenters. The van der Waals surface area contributed by atoms with Gasteiger partial charge < -0.3 is 19.7 Å². The van der Waals surface area contributed by atoms with Crippen LogP contribution in [0.15, 0.2) is 18.2 Å². The summed E-state index contributed by atoms with van der Waals surface area (Å²) in [5.41, 5.74) is 1.09. The first-order chi connectivity index (χ1) is 10.6. The lowest BCUT2D eigenvalue weighted by Gasteiger charge is -2.16. The van der Waals surface area contributed by atoms with Gasteiger partial charge >= 0.3 is 0 Å². The van der Waals surface area contributed by atoms with Crippen molar-refractivity contribution in [2.24, 2.45) is 0 Å². The number of aliphatic hydroxyl groups excluding tert-OH is 2. The average molecular weight is 310 g/mol. The molecule has 0 aromatic heterocycles. The molecule has 1 rings (SSSR count). The van der Waals surface area contributed by atoms with E-state index < -0.39 is 12.2 Å². The Bertz CT molecular complexity index is 420. The molecule has 126 valence electrons. The molecule has 0 radical (unpaired) electrons. The van der Waals surface area contributed by atoms with Crippen molar-refractivity contribution in [1.82, 2.24) is 0 Å². The van der Waals surface area contributed by atoms with Crippen LogP contribution in [-0.2, 0) is 6.42 Å². The van der Waals surface area contributed by atoms with E-state index in [0.717, 1.165) is 37.7 Å². The van der Waals surface area contributed by atoms with Crippen LogP contribution >= 0.6 is 0 Å². The number of hydrogen-bond acceptors (Lipinski definition) is 4. The van der Waals surface area contributed by atoms with Gasteiger partial charge in [-0.1, -0.05) is 32.3 Å². The van der Waals surface area contributed by atoms with Gasteiger partial charge in [0.1, 0.15) is 0 Å². The fraction of sp³-hybridized carbons (Fsp3) is 0.667. The molecule has 4 heteroatoms.